The van der Waals surface area contributed by atoms with E-state index in [1.165, 1.54) is 0 Å². The summed E-state index contributed by atoms with van der Waals surface area (Å²) in [5.74, 6) is -0.440. The van der Waals surface area contributed by atoms with Gasteiger partial charge in [-0.15, -0.1) is 0 Å². The highest BCUT2D eigenvalue weighted by Crippen LogP contribution is 2.29. The lowest BCUT2D eigenvalue weighted by Gasteiger charge is -2.32. The van der Waals surface area contributed by atoms with Crippen LogP contribution in [0.25, 0.3) is 11.1 Å². The highest BCUT2D eigenvalue weighted by molar-refractivity contribution is 6.13. The zero-order chi connectivity index (χ0) is 32.8. The van der Waals surface area contributed by atoms with Crippen molar-refractivity contribution >= 4 is 34.8 Å². The van der Waals surface area contributed by atoms with Crippen LogP contribution >= 0.6 is 0 Å². The number of anilines is 2. The minimum Gasteiger partial charge on any atom is -0.385 e. The van der Waals surface area contributed by atoms with Crippen LogP contribution in [0.5, 0.6) is 0 Å². The Hall–Kier alpha value is -5.28. The Bertz CT molecular complexity index is 1780. The van der Waals surface area contributed by atoms with Crippen molar-refractivity contribution in [2.45, 2.75) is 19.8 Å². The molecule has 240 valence electrons. The molecule has 1 saturated heterocycles. The second-order valence-electron chi connectivity index (χ2n) is 12.0. The predicted octanol–water partition coefficient (Wildman–Crippen LogP) is 5.85. The van der Waals surface area contributed by atoms with Gasteiger partial charge < -0.3 is 24.9 Å². The van der Waals surface area contributed by atoms with Gasteiger partial charge >= 0.3 is 0 Å². The molecule has 0 bridgehead atoms. The largest absolute Gasteiger partial charge is 0.385 e. The van der Waals surface area contributed by atoms with Gasteiger partial charge in [-0.1, -0.05) is 71.4 Å². The summed E-state index contributed by atoms with van der Waals surface area (Å²) in [6.45, 7) is 5.48. The molecule has 2 heterocycles. The van der Waals surface area contributed by atoms with Crippen molar-refractivity contribution < 1.29 is 19.2 Å². The van der Waals surface area contributed by atoms with Crippen molar-refractivity contribution in [3.8, 4) is 11.1 Å². The Morgan fingerprint density at radius 3 is 2.21 bits per heavy atom. The Morgan fingerprint density at radius 2 is 1.47 bits per heavy atom. The molecule has 9 heteroatoms. The molecule has 1 fully saturated rings. The van der Waals surface area contributed by atoms with Gasteiger partial charge in [0.2, 0.25) is 0 Å². The second kappa shape index (κ2) is 14.4. The quantitative estimate of drug-likeness (QED) is 0.259. The lowest BCUT2D eigenvalue weighted by Crippen LogP contribution is -2.48. The molecule has 0 atom stereocenters. The molecule has 2 aliphatic heterocycles. The van der Waals surface area contributed by atoms with Crippen molar-refractivity contribution in [3.05, 3.63) is 119 Å². The average molecular weight is 630 g/mol. The van der Waals surface area contributed by atoms with E-state index >= 15 is 0 Å². The Labute approximate surface area is 275 Å². The van der Waals surface area contributed by atoms with Gasteiger partial charge in [-0.2, -0.15) is 0 Å². The van der Waals surface area contributed by atoms with E-state index in [9.17, 15) is 14.4 Å². The number of rotatable bonds is 7. The van der Waals surface area contributed by atoms with Gasteiger partial charge in [0.25, 0.3) is 17.7 Å². The number of oxime groups is 1. The number of aryl methyl sites for hydroxylation is 1. The number of para-hydroxylation sites is 1. The number of likely N-dealkylation sites (N-methyl/N-ethyl adjacent to an activating group) is 1. The van der Waals surface area contributed by atoms with E-state index in [4.69, 9.17) is 4.84 Å². The number of fused-ring (bicyclic) bond motifs is 1. The number of nitrogens with zero attached hydrogens (tertiary/aromatic N) is 4. The second-order valence-corrected chi connectivity index (χ2v) is 12.0. The molecule has 0 aliphatic carbocycles. The van der Waals surface area contributed by atoms with Crippen LogP contribution < -0.4 is 10.2 Å². The zero-order valence-corrected chi connectivity index (χ0v) is 26.8. The molecule has 47 heavy (non-hydrogen) atoms. The van der Waals surface area contributed by atoms with Gasteiger partial charge in [0.05, 0.1) is 11.4 Å². The first kappa shape index (κ1) is 31.7. The van der Waals surface area contributed by atoms with E-state index in [0.29, 0.717) is 55.0 Å². The lowest BCUT2D eigenvalue weighted by atomic mass is 9.98. The SMILES string of the molecule is Cc1ccc(-c2ccccc2C(=O)Nc2ccc(C(=O)N3CCC/C(=N/OCC(=O)N4CCN(C)CC4)c4ccccc43)cc2)cc1. The highest BCUT2D eigenvalue weighted by atomic mass is 16.6. The maximum absolute atomic E-state index is 13.8. The molecule has 9 nitrogen and oxygen atoms in total. The number of hydrogen-bond donors (Lipinski definition) is 1. The summed E-state index contributed by atoms with van der Waals surface area (Å²) in [4.78, 5) is 51.1. The first-order valence-corrected chi connectivity index (χ1v) is 16.0. The summed E-state index contributed by atoms with van der Waals surface area (Å²) in [6, 6.07) is 30.2. The molecule has 0 spiro atoms. The fraction of sp³-hybridized carbons (Fsp3) is 0.263. The summed E-state index contributed by atoms with van der Waals surface area (Å²) in [6.07, 6.45) is 1.29. The average Bonchev–Trinajstić information content (AvgIpc) is 3.28. The van der Waals surface area contributed by atoms with Crippen LogP contribution in [0.15, 0.2) is 102 Å². The maximum Gasteiger partial charge on any atom is 0.263 e. The number of amides is 3. The molecule has 3 amide bonds. The maximum atomic E-state index is 13.8. The fourth-order valence-electron chi connectivity index (χ4n) is 5.95. The first-order chi connectivity index (χ1) is 22.9. The van der Waals surface area contributed by atoms with E-state index in [1.54, 1.807) is 29.2 Å². The molecule has 0 unspecified atom stereocenters. The standard InChI is InChI=1S/C38H39N5O4/c1-27-13-15-28(16-14-27)31-8-3-4-9-32(31)37(45)39-30-19-17-29(18-20-30)38(46)43-21-7-11-34(33-10-5-6-12-35(33)43)40-47-26-36(44)42-24-22-41(2)23-25-42/h3-6,8-10,12-20H,7,11,21-26H2,1-2H3,(H,39,45)/b40-34-. The van der Waals surface area contributed by atoms with E-state index in [2.05, 4.69) is 15.4 Å². The summed E-state index contributed by atoms with van der Waals surface area (Å²) in [5.41, 5.74) is 6.92. The number of carbonyl (C=O) groups is 3. The zero-order valence-electron chi connectivity index (χ0n) is 26.8. The molecular formula is C38H39N5O4. The molecule has 1 N–H and O–H groups in total. The number of benzene rings is 4. The number of carbonyl (C=O) groups excluding carboxylic acids is 3. The third-order valence-corrected chi connectivity index (χ3v) is 8.69. The molecule has 4 aromatic carbocycles. The number of piperazine rings is 1. The van der Waals surface area contributed by atoms with Crippen molar-refractivity contribution in [1.29, 1.82) is 0 Å². The van der Waals surface area contributed by atoms with Gasteiger partial charge in [0.1, 0.15) is 0 Å². The predicted molar refractivity (Wildman–Crippen MR) is 185 cm³/mol. The lowest BCUT2D eigenvalue weighted by molar-refractivity contribution is -0.137. The third kappa shape index (κ3) is 7.42. The monoisotopic (exact) mass is 629 g/mol. The van der Waals surface area contributed by atoms with Gasteiger partial charge in [-0.05, 0) is 74.3 Å². The molecular weight excluding hydrogens is 590 g/mol. The van der Waals surface area contributed by atoms with Crippen LogP contribution in [0.2, 0.25) is 0 Å². The van der Waals surface area contributed by atoms with Crippen LogP contribution in [0, 0.1) is 6.92 Å². The van der Waals surface area contributed by atoms with Crippen molar-refractivity contribution in [2.24, 2.45) is 5.16 Å². The highest BCUT2D eigenvalue weighted by Gasteiger charge is 2.26. The summed E-state index contributed by atoms with van der Waals surface area (Å²) < 4.78 is 0. The minimum absolute atomic E-state index is 0.0729. The summed E-state index contributed by atoms with van der Waals surface area (Å²) in [5, 5.41) is 7.36. The van der Waals surface area contributed by atoms with Gasteiger partial charge in [-0.25, -0.2) is 0 Å². The van der Waals surface area contributed by atoms with Crippen LogP contribution in [0.4, 0.5) is 11.4 Å². The topological polar surface area (TPSA) is 94.5 Å². The molecule has 6 rings (SSSR count). The van der Waals surface area contributed by atoms with Crippen LogP contribution in [-0.4, -0.2) is 79.6 Å². The molecule has 4 aromatic rings. The first-order valence-electron chi connectivity index (χ1n) is 16.0. The molecule has 0 saturated carbocycles. The minimum atomic E-state index is -0.221. The Balaban J connectivity index is 1.13. The molecule has 0 aromatic heterocycles. The van der Waals surface area contributed by atoms with Gasteiger partial charge in [0.15, 0.2) is 6.61 Å². The van der Waals surface area contributed by atoms with Crippen molar-refractivity contribution in [2.75, 3.05) is 56.6 Å². The van der Waals surface area contributed by atoms with E-state index in [-0.39, 0.29) is 24.3 Å². The smallest absolute Gasteiger partial charge is 0.263 e. The Kier molecular flexibility index (Phi) is 9.73. The van der Waals surface area contributed by atoms with Crippen molar-refractivity contribution in [1.82, 2.24) is 9.80 Å². The van der Waals surface area contributed by atoms with Crippen LogP contribution in [0.1, 0.15) is 44.7 Å². The number of hydrogen-bond acceptors (Lipinski definition) is 6. The Morgan fingerprint density at radius 1 is 0.787 bits per heavy atom. The summed E-state index contributed by atoms with van der Waals surface area (Å²) >= 11 is 0. The van der Waals surface area contributed by atoms with Gasteiger partial charge in [-0.3, -0.25) is 14.4 Å². The third-order valence-electron chi connectivity index (χ3n) is 8.69. The van der Waals surface area contributed by atoms with E-state index in [0.717, 1.165) is 41.0 Å². The van der Waals surface area contributed by atoms with Crippen molar-refractivity contribution in [3.63, 3.8) is 0 Å². The van der Waals surface area contributed by atoms with E-state index < -0.39 is 0 Å². The molecule has 0 radical (unpaired) electrons. The normalized spacial score (nSPS) is 15.9. The molecule has 2 aliphatic rings. The fourth-order valence-corrected chi connectivity index (χ4v) is 5.95. The summed E-state index contributed by atoms with van der Waals surface area (Å²) in [7, 11) is 2.05. The van der Waals surface area contributed by atoms with Crippen LogP contribution in [0.3, 0.4) is 0 Å². The number of nitrogens with one attached hydrogen (secondary N) is 1. The van der Waals surface area contributed by atoms with E-state index in [1.807, 2.05) is 91.7 Å². The van der Waals surface area contributed by atoms with Gasteiger partial charge in [0, 0.05) is 55.1 Å². The van der Waals surface area contributed by atoms with Crippen LogP contribution in [-0.2, 0) is 9.63 Å².